The molecule has 0 fully saturated rings. The number of benzene rings is 1. The van der Waals surface area contributed by atoms with Gasteiger partial charge in [0.05, 0.1) is 0 Å². The fourth-order valence-corrected chi connectivity index (χ4v) is 1.93. The highest BCUT2D eigenvalue weighted by atomic mass is 35.5. The first-order valence-electron chi connectivity index (χ1n) is 6.10. The summed E-state index contributed by atoms with van der Waals surface area (Å²) in [5.41, 5.74) is 1.19. The maximum atomic E-state index is 12.4. The minimum absolute atomic E-state index is 0.126. The van der Waals surface area contributed by atoms with Crippen molar-refractivity contribution in [1.29, 1.82) is 0 Å². The van der Waals surface area contributed by atoms with Crippen LogP contribution in [-0.4, -0.2) is 16.5 Å². The number of aromatic nitrogens is 1. The highest BCUT2D eigenvalue weighted by molar-refractivity contribution is 6.31. The largest absolute Gasteiger partial charge is 0.268 e. The second-order valence-corrected chi connectivity index (χ2v) is 4.90. The Hall–Kier alpha value is -1.87. The average molecular weight is 275 g/mol. The summed E-state index contributed by atoms with van der Waals surface area (Å²) in [5.74, 6) is -0.137. The summed E-state index contributed by atoms with van der Waals surface area (Å²) >= 11 is 5.92. The van der Waals surface area contributed by atoms with Crippen LogP contribution in [0.5, 0.6) is 0 Å². The van der Waals surface area contributed by atoms with E-state index in [1.54, 1.807) is 30.5 Å². The molecule has 98 valence electrons. The van der Waals surface area contributed by atoms with Crippen molar-refractivity contribution in [2.75, 3.05) is 0 Å². The molecule has 0 aliphatic rings. The number of hydrogen-bond donors (Lipinski definition) is 0. The Balaban J connectivity index is 2.51. The fourth-order valence-electron chi connectivity index (χ4n) is 1.74. The van der Waals surface area contributed by atoms with E-state index in [0.29, 0.717) is 16.1 Å². The smallest absolute Gasteiger partial charge is 0.263 e. The first-order valence-corrected chi connectivity index (χ1v) is 6.47. The standard InChI is InChI=1S/C15H15ClN2O/c1-11(2)17-14-8-3-4-9-18(14)15(19)12-6-5-7-13(16)10-12/h3-11H,1-2H3. The highest BCUT2D eigenvalue weighted by Crippen LogP contribution is 2.11. The van der Waals surface area contributed by atoms with Crippen molar-refractivity contribution in [2.45, 2.75) is 19.9 Å². The lowest BCUT2D eigenvalue weighted by atomic mass is 10.2. The molecule has 2 rings (SSSR count). The molecule has 1 aromatic heterocycles. The predicted molar refractivity (Wildman–Crippen MR) is 76.3 cm³/mol. The lowest BCUT2D eigenvalue weighted by Crippen LogP contribution is -2.28. The molecular formula is C15H15ClN2O. The summed E-state index contributed by atoms with van der Waals surface area (Å²) in [4.78, 5) is 16.9. The van der Waals surface area contributed by atoms with Gasteiger partial charge < -0.3 is 0 Å². The van der Waals surface area contributed by atoms with Gasteiger partial charge in [-0.15, -0.1) is 0 Å². The molecule has 4 heteroatoms. The third kappa shape index (κ3) is 3.32. The Kier molecular flexibility index (Phi) is 4.17. The first kappa shape index (κ1) is 13.6. The van der Waals surface area contributed by atoms with Crippen molar-refractivity contribution in [1.82, 2.24) is 4.57 Å². The molecule has 0 spiro atoms. The van der Waals surface area contributed by atoms with Crippen molar-refractivity contribution in [3.05, 3.63) is 64.7 Å². The van der Waals surface area contributed by atoms with Crippen molar-refractivity contribution in [3.63, 3.8) is 0 Å². The number of hydrogen-bond acceptors (Lipinski definition) is 2. The van der Waals surface area contributed by atoms with Gasteiger partial charge in [0, 0.05) is 22.8 Å². The summed E-state index contributed by atoms with van der Waals surface area (Å²) in [5, 5.41) is 0.546. The van der Waals surface area contributed by atoms with Crippen LogP contribution in [0.1, 0.15) is 24.2 Å². The molecule has 0 amide bonds. The average Bonchev–Trinajstić information content (AvgIpc) is 2.38. The fraction of sp³-hybridized carbons (Fsp3) is 0.200. The van der Waals surface area contributed by atoms with Gasteiger partial charge in [-0.1, -0.05) is 23.7 Å². The summed E-state index contributed by atoms with van der Waals surface area (Å²) in [6.45, 7) is 3.95. The van der Waals surface area contributed by atoms with E-state index in [-0.39, 0.29) is 11.9 Å². The molecule has 1 aromatic carbocycles. The molecule has 2 aromatic rings. The maximum Gasteiger partial charge on any atom is 0.263 e. The van der Waals surface area contributed by atoms with Gasteiger partial charge in [0.2, 0.25) is 0 Å². The van der Waals surface area contributed by atoms with Gasteiger partial charge in [0.1, 0.15) is 5.49 Å². The zero-order valence-electron chi connectivity index (χ0n) is 10.9. The van der Waals surface area contributed by atoms with Gasteiger partial charge in [-0.3, -0.25) is 14.4 Å². The molecule has 0 aliphatic heterocycles. The molecule has 0 saturated carbocycles. The van der Waals surface area contributed by atoms with Gasteiger partial charge >= 0.3 is 0 Å². The molecule has 0 atom stereocenters. The molecule has 0 saturated heterocycles. The van der Waals surface area contributed by atoms with E-state index in [9.17, 15) is 4.79 Å². The lowest BCUT2D eigenvalue weighted by molar-refractivity contribution is 0.0954. The molecule has 1 heterocycles. The zero-order valence-corrected chi connectivity index (χ0v) is 11.6. The van der Waals surface area contributed by atoms with Crippen molar-refractivity contribution in [3.8, 4) is 0 Å². The topological polar surface area (TPSA) is 34.4 Å². The van der Waals surface area contributed by atoms with Crippen LogP contribution in [0.3, 0.4) is 0 Å². The molecule has 0 bridgehead atoms. The van der Waals surface area contributed by atoms with E-state index >= 15 is 0 Å². The van der Waals surface area contributed by atoms with Gasteiger partial charge in [-0.2, -0.15) is 0 Å². The van der Waals surface area contributed by atoms with Crippen LogP contribution in [0.4, 0.5) is 0 Å². The molecule has 3 nitrogen and oxygen atoms in total. The Morgan fingerprint density at radius 3 is 2.68 bits per heavy atom. The Bertz CT molecular complexity index is 659. The van der Waals surface area contributed by atoms with E-state index in [1.165, 1.54) is 4.57 Å². The third-order valence-corrected chi connectivity index (χ3v) is 2.75. The number of carbonyl (C=O) groups excluding carboxylic acids is 1. The van der Waals surface area contributed by atoms with Gasteiger partial charge in [0.25, 0.3) is 5.91 Å². The van der Waals surface area contributed by atoms with Crippen LogP contribution in [0.15, 0.2) is 53.7 Å². The van der Waals surface area contributed by atoms with Crippen LogP contribution < -0.4 is 5.49 Å². The number of rotatable bonds is 2. The van der Waals surface area contributed by atoms with Crippen LogP contribution in [0.25, 0.3) is 0 Å². The highest BCUT2D eigenvalue weighted by Gasteiger charge is 2.09. The molecule has 0 N–H and O–H groups in total. The van der Waals surface area contributed by atoms with E-state index in [0.717, 1.165) is 0 Å². The Labute approximate surface area is 117 Å². The Morgan fingerprint density at radius 1 is 1.21 bits per heavy atom. The summed E-state index contributed by atoms with van der Waals surface area (Å²) in [7, 11) is 0. The Morgan fingerprint density at radius 2 is 2.00 bits per heavy atom. The second kappa shape index (κ2) is 5.85. The summed E-state index contributed by atoms with van der Waals surface area (Å²) in [6, 6.07) is 12.5. The maximum absolute atomic E-state index is 12.4. The minimum Gasteiger partial charge on any atom is -0.268 e. The quantitative estimate of drug-likeness (QED) is 0.828. The number of pyridine rings is 1. The monoisotopic (exact) mass is 274 g/mol. The molecule has 0 aliphatic carbocycles. The minimum atomic E-state index is -0.137. The zero-order chi connectivity index (χ0) is 13.8. The van der Waals surface area contributed by atoms with Gasteiger partial charge in [-0.05, 0) is 44.2 Å². The van der Waals surface area contributed by atoms with E-state index in [2.05, 4.69) is 4.99 Å². The third-order valence-electron chi connectivity index (χ3n) is 2.52. The van der Waals surface area contributed by atoms with Crippen LogP contribution in [0, 0.1) is 0 Å². The molecule has 0 radical (unpaired) electrons. The van der Waals surface area contributed by atoms with E-state index in [4.69, 9.17) is 11.6 Å². The number of nitrogens with zero attached hydrogens (tertiary/aromatic N) is 2. The van der Waals surface area contributed by atoms with E-state index in [1.807, 2.05) is 32.0 Å². The SMILES string of the molecule is CC(C)N=c1ccccn1C(=O)c1cccc(Cl)c1. The second-order valence-electron chi connectivity index (χ2n) is 4.47. The normalized spacial score (nSPS) is 11.9. The number of halogens is 1. The van der Waals surface area contributed by atoms with Crippen molar-refractivity contribution in [2.24, 2.45) is 4.99 Å². The summed E-state index contributed by atoms with van der Waals surface area (Å²) in [6.07, 6.45) is 1.71. The predicted octanol–water partition coefficient (Wildman–Crippen LogP) is 3.14. The van der Waals surface area contributed by atoms with Gasteiger partial charge in [-0.25, -0.2) is 0 Å². The molecule has 19 heavy (non-hydrogen) atoms. The van der Waals surface area contributed by atoms with Crippen LogP contribution >= 0.6 is 11.6 Å². The lowest BCUT2D eigenvalue weighted by Gasteiger charge is -2.07. The first-order chi connectivity index (χ1) is 9.08. The van der Waals surface area contributed by atoms with Crippen LogP contribution in [-0.2, 0) is 0 Å². The van der Waals surface area contributed by atoms with Crippen LogP contribution in [0.2, 0.25) is 5.02 Å². The van der Waals surface area contributed by atoms with Gasteiger partial charge in [0.15, 0.2) is 0 Å². The molecule has 0 unspecified atom stereocenters. The summed E-state index contributed by atoms with van der Waals surface area (Å²) < 4.78 is 1.53. The number of carbonyl (C=O) groups is 1. The molecular weight excluding hydrogens is 260 g/mol. The van der Waals surface area contributed by atoms with Crippen molar-refractivity contribution >= 4 is 17.5 Å². The van der Waals surface area contributed by atoms with Crippen molar-refractivity contribution < 1.29 is 4.79 Å². The van der Waals surface area contributed by atoms with E-state index < -0.39 is 0 Å².